The van der Waals surface area contributed by atoms with Crippen LogP contribution < -0.4 is 5.54 Å². The Morgan fingerprint density at radius 2 is 2.14 bits per heavy atom. The Hall–Kier alpha value is -0.200. The Labute approximate surface area is 40.0 Å². The van der Waals surface area contributed by atoms with Gasteiger partial charge in [-0.2, -0.15) is 8.42 Å². The molecule has 0 aliphatic heterocycles. The molecule has 0 radical (unpaired) electrons. The van der Waals surface area contributed by atoms with Crippen molar-refractivity contribution in [1.82, 2.24) is 5.54 Å². The van der Waals surface area contributed by atoms with Gasteiger partial charge in [0.15, 0.2) is 5.88 Å². The van der Waals surface area contributed by atoms with Crippen LogP contribution in [0.4, 0.5) is 4.48 Å². The van der Waals surface area contributed by atoms with E-state index in [4.69, 9.17) is 4.55 Å². The van der Waals surface area contributed by atoms with Crippen LogP contribution in [0.15, 0.2) is 0 Å². The van der Waals surface area contributed by atoms with Crippen molar-refractivity contribution in [3.63, 3.8) is 0 Å². The molecule has 0 amide bonds. The first-order chi connectivity index (χ1) is 3.06. The molecular weight excluding hydrogens is 125 g/mol. The zero-order valence-electron chi connectivity index (χ0n) is 3.26. The summed E-state index contributed by atoms with van der Waals surface area (Å²) in [7, 11) is -4.16. The van der Waals surface area contributed by atoms with Gasteiger partial charge in [-0.25, -0.2) is 0 Å². The number of hydrogen-bond acceptors (Lipinski definition) is 3. The summed E-state index contributed by atoms with van der Waals surface area (Å²) in [5.74, 6) is -1.05. The lowest BCUT2D eigenvalue weighted by Crippen LogP contribution is -2.13. The Morgan fingerprint density at radius 1 is 1.71 bits per heavy atom. The van der Waals surface area contributed by atoms with E-state index in [1.807, 2.05) is 0 Å². The molecule has 0 bridgehead atoms. The summed E-state index contributed by atoms with van der Waals surface area (Å²) in [4.78, 5) is 0. The number of rotatable bonds is 2. The highest BCUT2D eigenvalue weighted by Gasteiger charge is 1.99. The third-order valence-electron chi connectivity index (χ3n) is 0.237. The van der Waals surface area contributed by atoms with E-state index in [-0.39, 0.29) is 0 Å². The van der Waals surface area contributed by atoms with Crippen LogP contribution in [0.1, 0.15) is 0 Å². The van der Waals surface area contributed by atoms with E-state index in [0.29, 0.717) is 0 Å². The van der Waals surface area contributed by atoms with Crippen molar-refractivity contribution in [1.29, 1.82) is 0 Å². The first-order valence-electron chi connectivity index (χ1n) is 1.35. The van der Waals surface area contributed by atoms with Crippen LogP contribution in [0.3, 0.4) is 0 Å². The van der Waals surface area contributed by atoms with Crippen LogP contribution in [0.2, 0.25) is 0 Å². The molecule has 0 saturated carbocycles. The van der Waals surface area contributed by atoms with Gasteiger partial charge in [-0.15, -0.1) is 10.0 Å². The van der Waals surface area contributed by atoms with Crippen LogP contribution in [-0.2, 0) is 10.1 Å². The Morgan fingerprint density at radius 3 is 2.14 bits per heavy atom. The maximum atomic E-state index is 10.7. The first-order valence-corrected chi connectivity index (χ1v) is 2.96. The molecule has 0 atom stereocenters. The molecule has 6 heteroatoms. The smallest absolute Gasteiger partial charge is 0.280 e. The summed E-state index contributed by atoms with van der Waals surface area (Å²) >= 11 is 0. The van der Waals surface area contributed by atoms with Gasteiger partial charge in [0, 0.05) is 0 Å². The first kappa shape index (κ1) is 6.80. The van der Waals surface area contributed by atoms with E-state index in [1.54, 1.807) is 0 Å². The fourth-order valence-corrected chi connectivity index (χ4v) is 0.207. The van der Waals surface area contributed by atoms with Gasteiger partial charge in [-0.3, -0.25) is 4.55 Å². The molecule has 0 aromatic rings. The molecule has 0 unspecified atom stereocenters. The summed E-state index contributed by atoms with van der Waals surface area (Å²) in [5, 5.41) is 0. The van der Waals surface area contributed by atoms with E-state index in [0.717, 1.165) is 5.54 Å². The van der Waals surface area contributed by atoms with Crippen LogP contribution in [-0.4, -0.2) is 18.8 Å². The lowest BCUT2D eigenvalue weighted by Gasteiger charge is -1.85. The number of hydrogen-bond donors (Lipinski definition) is 2. The van der Waals surface area contributed by atoms with E-state index >= 15 is 0 Å². The van der Waals surface area contributed by atoms with Gasteiger partial charge in [-0.05, 0) is 0 Å². The lowest BCUT2D eigenvalue weighted by molar-refractivity contribution is 0.353. The molecule has 2 N–H and O–H groups in total. The molecule has 0 spiro atoms. The Balaban J connectivity index is 3.60. The summed E-state index contributed by atoms with van der Waals surface area (Å²) in [6, 6.07) is 0. The fraction of sp³-hybridized carbons (Fsp3) is 1.00. The third kappa shape index (κ3) is 5.80. The van der Waals surface area contributed by atoms with Crippen LogP contribution in [0.25, 0.3) is 0 Å². The zero-order valence-corrected chi connectivity index (χ0v) is 4.07. The quantitative estimate of drug-likeness (QED) is 0.382. The van der Waals surface area contributed by atoms with Gasteiger partial charge in [0.1, 0.15) is 0 Å². The van der Waals surface area contributed by atoms with E-state index < -0.39 is 16.0 Å². The topological polar surface area (TPSA) is 66.4 Å². The lowest BCUT2D eigenvalue weighted by atomic mass is 11.5. The Bertz CT molecular complexity index is 128. The molecular formula is CH4FNO3S. The number of halogens is 1. The zero-order chi connectivity index (χ0) is 5.91. The standard InChI is InChI=1S/CH4FNO3S/c2-3-1-7(4,5)6/h3H,1H2,(H,4,5,6). The van der Waals surface area contributed by atoms with Crippen molar-refractivity contribution in [2.24, 2.45) is 0 Å². The molecule has 0 rings (SSSR count). The summed E-state index contributed by atoms with van der Waals surface area (Å²) in [6.45, 7) is 0. The summed E-state index contributed by atoms with van der Waals surface area (Å²) in [5.41, 5.74) is 0.770. The van der Waals surface area contributed by atoms with Crippen molar-refractivity contribution in [3.05, 3.63) is 0 Å². The largest absolute Gasteiger partial charge is 0.284 e. The van der Waals surface area contributed by atoms with Crippen molar-refractivity contribution < 1.29 is 17.5 Å². The SMILES string of the molecule is O=S(=O)(O)CNF. The molecule has 0 fully saturated rings. The monoisotopic (exact) mass is 129 g/mol. The van der Waals surface area contributed by atoms with Crippen LogP contribution in [0, 0.1) is 0 Å². The maximum Gasteiger partial charge on any atom is 0.280 e. The molecule has 4 nitrogen and oxygen atoms in total. The highest BCUT2D eigenvalue weighted by atomic mass is 32.2. The predicted octanol–water partition coefficient (Wildman–Crippen LogP) is -0.694. The normalized spacial score (nSPS) is 11.7. The summed E-state index contributed by atoms with van der Waals surface area (Å²) in [6.07, 6.45) is 0. The average Bonchev–Trinajstić information content (AvgIpc) is 1.30. The Kier molecular flexibility index (Phi) is 2.13. The van der Waals surface area contributed by atoms with Gasteiger partial charge in [0.2, 0.25) is 0 Å². The maximum absolute atomic E-state index is 10.7. The molecule has 0 aromatic carbocycles. The van der Waals surface area contributed by atoms with Gasteiger partial charge >= 0.3 is 0 Å². The van der Waals surface area contributed by atoms with Crippen molar-refractivity contribution in [2.75, 3.05) is 5.88 Å². The molecule has 0 heterocycles. The van der Waals surface area contributed by atoms with Crippen LogP contribution in [0.5, 0.6) is 0 Å². The molecule has 0 aliphatic carbocycles. The second kappa shape index (κ2) is 2.20. The van der Waals surface area contributed by atoms with Crippen molar-refractivity contribution in [2.45, 2.75) is 0 Å². The van der Waals surface area contributed by atoms with Gasteiger partial charge in [0.25, 0.3) is 10.1 Å². The molecule has 44 valence electrons. The molecule has 0 aliphatic rings. The molecule has 7 heavy (non-hydrogen) atoms. The second-order valence-electron chi connectivity index (χ2n) is 0.860. The van der Waals surface area contributed by atoms with Crippen LogP contribution >= 0.6 is 0 Å². The minimum atomic E-state index is -4.16. The highest BCUT2D eigenvalue weighted by molar-refractivity contribution is 7.85. The number of nitrogens with one attached hydrogen (secondary N) is 1. The van der Waals surface area contributed by atoms with Gasteiger partial charge in [-0.1, -0.05) is 0 Å². The van der Waals surface area contributed by atoms with E-state index in [1.165, 1.54) is 0 Å². The predicted molar refractivity (Wildman–Crippen MR) is 20.7 cm³/mol. The second-order valence-corrected chi connectivity index (χ2v) is 2.31. The summed E-state index contributed by atoms with van der Waals surface area (Å²) < 4.78 is 37.4. The minimum Gasteiger partial charge on any atom is -0.284 e. The molecule has 0 saturated heterocycles. The highest BCUT2D eigenvalue weighted by Crippen LogP contribution is 1.73. The van der Waals surface area contributed by atoms with Crippen molar-refractivity contribution in [3.8, 4) is 0 Å². The van der Waals surface area contributed by atoms with E-state index in [9.17, 15) is 12.9 Å². The average molecular weight is 129 g/mol. The van der Waals surface area contributed by atoms with Crippen molar-refractivity contribution >= 4 is 10.1 Å². The molecule has 0 aromatic heterocycles. The van der Waals surface area contributed by atoms with Gasteiger partial charge in [0.05, 0.1) is 0 Å². The minimum absolute atomic E-state index is 0.770. The fourth-order valence-electron chi connectivity index (χ4n) is 0.0689. The van der Waals surface area contributed by atoms with E-state index in [2.05, 4.69) is 0 Å². The van der Waals surface area contributed by atoms with Gasteiger partial charge < -0.3 is 0 Å². The third-order valence-corrected chi connectivity index (χ3v) is 0.711.